The van der Waals surface area contributed by atoms with E-state index >= 15 is 0 Å². The highest BCUT2D eigenvalue weighted by molar-refractivity contribution is 5.63. The molecular weight excluding hydrogens is 210 g/mol. The standard InChI is InChI=1S/C15H17NO/c1-12-4-6-13(7-5-12)16(2)14-8-10-15(17-3)11-9-14/h4-11H,1-3H3. The summed E-state index contributed by atoms with van der Waals surface area (Å²) >= 11 is 0. The molecule has 2 nitrogen and oxygen atoms in total. The van der Waals surface area contributed by atoms with Crippen LogP contribution in [-0.4, -0.2) is 14.2 Å². The molecule has 2 rings (SSSR count). The highest BCUT2D eigenvalue weighted by Gasteiger charge is 2.03. The number of aryl methyl sites for hydroxylation is 1. The molecule has 0 heterocycles. The van der Waals surface area contributed by atoms with Crippen LogP contribution < -0.4 is 9.64 Å². The van der Waals surface area contributed by atoms with Crippen molar-refractivity contribution in [3.05, 3.63) is 54.1 Å². The van der Waals surface area contributed by atoms with Crippen LogP contribution >= 0.6 is 0 Å². The van der Waals surface area contributed by atoms with E-state index in [4.69, 9.17) is 4.74 Å². The fraction of sp³-hybridized carbons (Fsp3) is 0.200. The van der Waals surface area contributed by atoms with Crippen molar-refractivity contribution in [1.29, 1.82) is 0 Å². The number of hydrogen-bond acceptors (Lipinski definition) is 2. The van der Waals surface area contributed by atoms with Gasteiger partial charge in [-0.2, -0.15) is 0 Å². The zero-order valence-corrected chi connectivity index (χ0v) is 10.5. The third-order valence-corrected chi connectivity index (χ3v) is 2.88. The Morgan fingerprint density at radius 3 is 1.76 bits per heavy atom. The summed E-state index contributed by atoms with van der Waals surface area (Å²) in [5, 5.41) is 0. The average Bonchev–Trinajstić information content (AvgIpc) is 2.39. The van der Waals surface area contributed by atoms with Crippen molar-refractivity contribution in [3.63, 3.8) is 0 Å². The predicted octanol–water partition coefficient (Wildman–Crippen LogP) is 3.77. The van der Waals surface area contributed by atoms with E-state index in [1.807, 2.05) is 12.1 Å². The minimum atomic E-state index is 0.881. The van der Waals surface area contributed by atoms with Gasteiger partial charge < -0.3 is 9.64 Å². The SMILES string of the molecule is COc1ccc(N(C)c2ccc(C)cc2)cc1. The van der Waals surface area contributed by atoms with Gasteiger partial charge in [0, 0.05) is 18.4 Å². The molecule has 0 aliphatic heterocycles. The fourth-order valence-corrected chi connectivity index (χ4v) is 1.72. The van der Waals surface area contributed by atoms with Crippen LogP contribution in [0.25, 0.3) is 0 Å². The van der Waals surface area contributed by atoms with Crippen LogP contribution in [0.5, 0.6) is 5.75 Å². The lowest BCUT2D eigenvalue weighted by atomic mass is 10.2. The van der Waals surface area contributed by atoms with Gasteiger partial charge in [-0.05, 0) is 43.3 Å². The van der Waals surface area contributed by atoms with Gasteiger partial charge in [-0.15, -0.1) is 0 Å². The van der Waals surface area contributed by atoms with Gasteiger partial charge in [0.15, 0.2) is 0 Å². The molecule has 0 bridgehead atoms. The number of benzene rings is 2. The van der Waals surface area contributed by atoms with Crippen molar-refractivity contribution in [2.45, 2.75) is 6.92 Å². The number of rotatable bonds is 3. The van der Waals surface area contributed by atoms with E-state index in [0.717, 1.165) is 11.4 Å². The molecule has 2 heteroatoms. The summed E-state index contributed by atoms with van der Waals surface area (Å²) in [6, 6.07) is 16.5. The highest BCUT2D eigenvalue weighted by Crippen LogP contribution is 2.25. The molecule has 0 saturated carbocycles. The lowest BCUT2D eigenvalue weighted by molar-refractivity contribution is 0.415. The smallest absolute Gasteiger partial charge is 0.119 e. The van der Waals surface area contributed by atoms with E-state index in [2.05, 4.69) is 55.3 Å². The largest absolute Gasteiger partial charge is 0.497 e. The molecule has 0 aliphatic rings. The van der Waals surface area contributed by atoms with Gasteiger partial charge in [0.25, 0.3) is 0 Å². The zero-order valence-electron chi connectivity index (χ0n) is 10.5. The van der Waals surface area contributed by atoms with E-state index < -0.39 is 0 Å². The summed E-state index contributed by atoms with van der Waals surface area (Å²) in [5.74, 6) is 0.881. The topological polar surface area (TPSA) is 12.5 Å². The maximum atomic E-state index is 5.15. The van der Waals surface area contributed by atoms with Crippen molar-refractivity contribution in [1.82, 2.24) is 0 Å². The number of nitrogens with zero attached hydrogens (tertiary/aromatic N) is 1. The summed E-state index contributed by atoms with van der Waals surface area (Å²) in [6.45, 7) is 2.09. The highest BCUT2D eigenvalue weighted by atomic mass is 16.5. The number of hydrogen-bond donors (Lipinski definition) is 0. The lowest BCUT2D eigenvalue weighted by Crippen LogP contribution is -2.08. The van der Waals surface area contributed by atoms with Crippen LogP contribution in [0, 0.1) is 6.92 Å². The van der Waals surface area contributed by atoms with Crippen molar-refractivity contribution >= 4 is 11.4 Å². The Morgan fingerprint density at radius 2 is 1.29 bits per heavy atom. The Labute approximate surface area is 102 Å². The molecule has 88 valence electrons. The summed E-state index contributed by atoms with van der Waals surface area (Å²) in [4.78, 5) is 2.15. The van der Waals surface area contributed by atoms with Gasteiger partial charge in [-0.25, -0.2) is 0 Å². The van der Waals surface area contributed by atoms with Gasteiger partial charge >= 0.3 is 0 Å². The molecule has 0 amide bonds. The van der Waals surface area contributed by atoms with Gasteiger partial charge in [0.05, 0.1) is 7.11 Å². The van der Waals surface area contributed by atoms with Gasteiger partial charge in [-0.1, -0.05) is 17.7 Å². The summed E-state index contributed by atoms with van der Waals surface area (Å²) in [7, 11) is 3.74. The summed E-state index contributed by atoms with van der Waals surface area (Å²) < 4.78 is 5.15. The first kappa shape index (κ1) is 11.5. The van der Waals surface area contributed by atoms with Crippen LogP contribution in [0.3, 0.4) is 0 Å². The van der Waals surface area contributed by atoms with Crippen LogP contribution in [0.1, 0.15) is 5.56 Å². The van der Waals surface area contributed by atoms with Crippen molar-refractivity contribution in [3.8, 4) is 5.75 Å². The van der Waals surface area contributed by atoms with Crippen molar-refractivity contribution < 1.29 is 4.74 Å². The van der Waals surface area contributed by atoms with E-state index in [1.54, 1.807) is 7.11 Å². The molecule has 0 saturated heterocycles. The van der Waals surface area contributed by atoms with Crippen molar-refractivity contribution in [2.24, 2.45) is 0 Å². The monoisotopic (exact) mass is 227 g/mol. The first-order valence-electron chi connectivity index (χ1n) is 5.65. The van der Waals surface area contributed by atoms with E-state index in [1.165, 1.54) is 11.3 Å². The third kappa shape index (κ3) is 2.59. The first-order chi connectivity index (χ1) is 8.20. The minimum absolute atomic E-state index is 0.881. The van der Waals surface area contributed by atoms with E-state index in [-0.39, 0.29) is 0 Å². The van der Waals surface area contributed by atoms with E-state index in [9.17, 15) is 0 Å². The molecule has 0 aromatic heterocycles. The maximum Gasteiger partial charge on any atom is 0.119 e. The average molecular weight is 227 g/mol. The molecule has 17 heavy (non-hydrogen) atoms. The van der Waals surface area contributed by atoms with Crippen LogP contribution in [0.2, 0.25) is 0 Å². The van der Waals surface area contributed by atoms with Gasteiger partial charge in [0.1, 0.15) is 5.75 Å². The predicted molar refractivity (Wildman–Crippen MR) is 72.2 cm³/mol. The lowest BCUT2D eigenvalue weighted by Gasteiger charge is -2.19. The molecule has 0 spiro atoms. The minimum Gasteiger partial charge on any atom is -0.497 e. The molecule has 0 radical (unpaired) electrons. The van der Waals surface area contributed by atoms with Crippen LogP contribution in [0.15, 0.2) is 48.5 Å². The van der Waals surface area contributed by atoms with Gasteiger partial charge in [-0.3, -0.25) is 0 Å². The second kappa shape index (κ2) is 4.91. The normalized spacial score (nSPS) is 10.1. The Bertz CT molecular complexity index is 473. The second-order valence-electron chi connectivity index (χ2n) is 4.09. The fourth-order valence-electron chi connectivity index (χ4n) is 1.72. The number of ether oxygens (including phenoxy) is 1. The van der Waals surface area contributed by atoms with Gasteiger partial charge in [0.2, 0.25) is 0 Å². The maximum absolute atomic E-state index is 5.15. The second-order valence-corrected chi connectivity index (χ2v) is 4.09. The first-order valence-corrected chi connectivity index (χ1v) is 5.65. The van der Waals surface area contributed by atoms with Crippen LogP contribution in [0.4, 0.5) is 11.4 Å². The summed E-state index contributed by atoms with van der Waals surface area (Å²) in [6.07, 6.45) is 0. The third-order valence-electron chi connectivity index (χ3n) is 2.88. The Balaban J connectivity index is 2.23. The van der Waals surface area contributed by atoms with Crippen LogP contribution in [-0.2, 0) is 0 Å². The quantitative estimate of drug-likeness (QED) is 0.791. The zero-order chi connectivity index (χ0) is 12.3. The van der Waals surface area contributed by atoms with E-state index in [0.29, 0.717) is 0 Å². The molecule has 0 unspecified atom stereocenters. The molecule has 0 aliphatic carbocycles. The molecule has 2 aromatic rings. The molecular formula is C15H17NO. The Morgan fingerprint density at radius 1 is 0.824 bits per heavy atom. The Kier molecular flexibility index (Phi) is 3.33. The Hall–Kier alpha value is -1.96. The molecule has 2 aromatic carbocycles. The molecule has 0 fully saturated rings. The number of methoxy groups -OCH3 is 1. The molecule has 0 atom stereocenters. The molecule has 0 N–H and O–H groups in total. The van der Waals surface area contributed by atoms with Crippen molar-refractivity contribution in [2.75, 3.05) is 19.1 Å². The number of anilines is 2. The summed E-state index contributed by atoms with van der Waals surface area (Å²) in [5.41, 5.74) is 3.60.